The van der Waals surface area contributed by atoms with Gasteiger partial charge >= 0.3 is 6.03 Å². The van der Waals surface area contributed by atoms with E-state index in [1.807, 2.05) is 25.1 Å². The summed E-state index contributed by atoms with van der Waals surface area (Å²) in [6, 6.07) is 9.94. The van der Waals surface area contributed by atoms with E-state index in [9.17, 15) is 4.79 Å². The van der Waals surface area contributed by atoms with Crippen LogP contribution >= 0.6 is 0 Å². The number of H-pyrrole nitrogens is 1. The summed E-state index contributed by atoms with van der Waals surface area (Å²) in [7, 11) is 0. The zero-order chi connectivity index (χ0) is 15.8. The monoisotopic (exact) mass is 307 g/mol. The number of pyridine rings is 1. The molecule has 1 aromatic carbocycles. The molecule has 4 rings (SSSR count). The van der Waals surface area contributed by atoms with Crippen LogP contribution in [-0.4, -0.2) is 34.3 Å². The number of nitrogens with zero attached hydrogens (tertiary/aromatic N) is 3. The van der Waals surface area contributed by atoms with Crippen LogP contribution in [0.5, 0.6) is 0 Å². The number of urea groups is 1. The fraction of sp³-hybridized carbons (Fsp3) is 0.235. The minimum atomic E-state index is -0.0342. The molecule has 0 radical (unpaired) electrons. The quantitative estimate of drug-likeness (QED) is 0.780. The van der Waals surface area contributed by atoms with Crippen molar-refractivity contribution in [3.8, 4) is 0 Å². The van der Waals surface area contributed by atoms with Crippen molar-refractivity contribution in [1.82, 2.24) is 20.5 Å². The normalized spacial score (nSPS) is 14.5. The average Bonchev–Trinajstić information content (AvgIpc) is 3.15. The van der Waals surface area contributed by atoms with Crippen molar-refractivity contribution in [3.63, 3.8) is 0 Å². The number of carbonyl (C=O) groups excluding carboxylic acids is 1. The molecule has 0 unspecified atom stereocenters. The highest BCUT2D eigenvalue weighted by molar-refractivity contribution is 5.94. The Balaban J connectivity index is 1.68. The third-order valence-corrected chi connectivity index (χ3v) is 4.18. The number of carbonyl (C=O) groups is 1. The number of hydrogen-bond acceptors (Lipinski definition) is 3. The second kappa shape index (κ2) is 5.39. The van der Waals surface area contributed by atoms with Crippen LogP contribution in [0, 0.1) is 6.92 Å². The van der Waals surface area contributed by atoms with Gasteiger partial charge in [0.15, 0.2) is 0 Å². The summed E-state index contributed by atoms with van der Waals surface area (Å²) >= 11 is 0. The van der Waals surface area contributed by atoms with Crippen molar-refractivity contribution in [2.45, 2.75) is 13.3 Å². The van der Waals surface area contributed by atoms with E-state index < -0.39 is 0 Å². The van der Waals surface area contributed by atoms with Crippen molar-refractivity contribution in [2.75, 3.05) is 18.0 Å². The van der Waals surface area contributed by atoms with Crippen LogP contribution < -0.4 is 10.2 Å². The fourth-order valence-electron chi connectivity index (χ4n) is 3.07. The van der Waals surface area contributed by atoms with Crippen LogP contribution in [0.1, 0.15) is 17.0 Å². The van der Waals surface area contributed by atoms with Gasteiger partial charge in [0.05, 0.1) is 11.2 Å². The molecule has 23 heavy (non-hydrogen) atoms. The van der Waals surface area contributed by atoms with E-state index in [2.05, 4.69) is 32.6 Å². The van der Waals surface area contributed by atoms with Crippen LogP contribution in [0.2, 0.25) is 0 Å². The number of fused-ring (bicyclic) bond motifs is 1. The number of amides is 2. The molecule has 1 aliphatic rings. The topological polar surface area (TPSA) is 73.9 Å². The van der Waals surface area contributed by atoms with Crippen LogP contribution in [-0.2, 0) is 6.42 Å². The highest BCUT2D eigenvalue weighted by Gasteiger charge is 2.21. The molecule has 2 aromatic heterocycles. The first-order chi connectivity index (χ1) is 11.2. The van der Waals surface area contributed by atoms with Gasteiger partial charge in [0.2, 0.25) is 0 Å². The van der Waals surface area contributed by atoms with E-state index in [1.54, 1.807) is 11.1 Å². The summed E-state index contributed by atoms with van der Waals surface area (Å²) in [6.45, 7) is 3.40. The lowest BCUT2D eigenvalue weighted by Gasteiger charge is -2.15. The zero-order valence-corrected chi connectivity index (χ0v) is 12.8. The molecule has 1 fully saturated rings. The smallest absolute Gasteiger partial charge is 0.321 e. The molecule has 116 valence electrons. The second-order valence-corrected chi connectivity index (χ2v) is 5.73. The first-order valence-electron chi connectivity index (χ1n) is 7.65. The lowest BCUT2D eigenvalue weighted by atomic mass is 10.0. The highest BCUT2D eigenvalue weighted by atomic mass is 16.2. The van der Waals surface area contributed by atoms with Crippen LogP contribution in [0.3, 0.4) is 0 Å². The maximum absolute atomic E-state index is 11.8. The Hall–Kier alpha value is -2.89. The Kier molecular flexibility index (Phi) is 3.22. The van der Waals surface area contributed by atoms with Gasteiger partial charge in [-0.1, -0.05) is 12.1 Å². The molecule has 3 heterocycles. The molecule has 0 saturated carbocycles. The van der Waals surface area contributed by atoms with Crippen LogP contribution in [0.15, 0.2) is 36.5 Å². The average molecular weight is 307 g/mol. The van der Waals surface area contributed by atoms with Crippen molar-refractivity contribution in [3.05, 3.63) is 53.5 Å². The number of benzene rings is 1. The Morgan fingerprint density at radius 1 is 1.30 bits per heavy atom. The number of aromatic amines is 1. The van der Waals surface area contributed by atoms with E-state index >= 15 is 0 Å². The van der Waals surface area contributed by atoms with Gasteiger partial charge in [-0.15, -0.1) is 0 Å². The summed E-state index contributed by atoms with van der Waals surface area (Å²) in [6.07, 6.45) is 2.50. The molecule has 0 spiro atoms. The number of rotatable bonds is 3. The van der Waals surface area contributed by atoms with E-state index in [1.165, 1.54) is 0 Å². The van der Waals surface area contributed by atoms with Gasteiger partial charge in [0, 0.05) is 42.5 Å². The number of anilines is 1. The Labute approximate surface area is 133 Å². The first-order valence-corrected chi connectivity index (χ1v) is 7.65. The maximum Gasteiger partial charge on any atom is 0.321 e. The molecular weight excluding hydrogens is 290 g/mol. The van der Waals surface area contributed by atoms with Crippen molar-refractivity contribution >= 4 is 22.6 Å². The van der Waals surface area contributed by atoms with E-state index in [-0.39, 0.29) is 6.03 Å². The molecule has 6 nitrogen and oxygen atoms in total. The number of hydrogen-bond donors (Lipinski definition) is 2. The van der Waals surface area contributed by atoms with E-state index in [0.717, 1.165) is 33.5 Å². The fourth-order valence-corrected chi connectivity index (χ4v) is 3.07. The van der Waals surface area contributed by atoms with E-state index in [4.69, 9.17) is 0 Å². The zero-order valence-electron chi connectivity index (χ0n) is 12.8. The molecule has 0 bridgehead atoms. The summed E-state index contributed by atoms with van der Waals surface area (Å²) in [5, 5.41) is 11.2. The van der Waals surface area contributed by atoms with Crippen LogP contribution in [0.4, 0.5) is 10.5 Å². The Morgan fingerprint density at radius 2 is 2.22 bits per heavy atom. The maximum atomic E-state index is 11.8. The first kappa shape index (κ1) is 13.8. The number of aryl methyl sites for hydroxylation is 1. The molecule has 2 N–H and O–H groups in total. The summed E-state index contributed by atoms with van der Waals surface area (Å²) < 4.78 is 0. The molecule has 6 heteroatoms. The van der Waals surface area contributed by atoms with Crippen LogP contribution in [0.25, 0.3) is 10.9 Å². The minimum absolute atomic E-state index is 0.0342. The van der Waals surface area contributed by atoms with Gasteiger partial charge in [0.1, 0.15) is 0 Å². The third-order valence-electron chi connectivity index (χ3n) is 4.18. The predicted octanol–water partition coefficient (Wildman–Crippen LogP) is 2.39. The third kappa shape index (κ3) is 2.42. The number of nitrogens with one attached hydrogen (secondary N) is 2. The summed E-state index contributed by atoms with van der Waals surface area (Å²) in [5.74, 6) is 0. The molecule has 3 aromatic rings. The second-order valence-electron chi connectivity index (χ2n) is 5.73. The Bertz CT molecular complexity index is 886. The molecule has 1 saturated heterocycles. The largest absolute Gasteiger partial charge is 0.336 e. The van der Waals surface area contributed by atoms with E-state index in [0.29, 0.717) is 19.5 Å². The summed E-state index contributed by atoms with van der Waals surface area (Å²) in [5.41, 5.74) is 5.01. The van der Waals surface area contributed by atoms with Crippen molar-refractivity contribution in [2.24, 2.45) is 0 Å². The van der Waals surface area contributed by atoms with Gasteiger partial charge in [-0.25, -0.2) is 4.79 Å². The standard InChI is InChI=1S/C17H17N5O/c1-11-16-14(21-20-11)5-6-18-15(16)10-12-3-2-4-13(9-12)22-8-7-19-17(22)23/h2-6,9H,7-8,10H2,1H3,(H,19,23)(H,20,21). The molecule has 0 atom stereocenters. The molecule has 1 aliphatic heterocycles. The summed E-state index contributed by atoms with van der Waals surface area (Å²) in [4.78, 5) is 18.1. The van der Waals surface area contributed by atoms with Gasteiger partial charge in [-0.2, -0.15) is 5.10 Å². The van der Waals surface area contributed by atoms with Crippen molar-refractivity contribution < 1.29 is 4.79 Å². The Morgan fingerprint density at radius 3 is 3.04 bits per heavy atom. The lowest BCUT2D eigenvalue weighted by molar-refractivity contribution is 0.252. The van der Waals surface area contributed by atoms with Gasteiger partial charge < -0.3 is 5.32 Å². The predicted molar refractivity (Wildman–Crippen MR) is 88.6 cm³/mol. The molecular formula is C17H17N5O. The minimum Gasteiger partial charge on any atom is -0.336 e. The lowest BCUT2D eigenvalue weighted by Crippen LogP contribution is -2.27. The van der Waals surface area contributed by atoms with Gasteiger partial charge in [-0.3, -0.25) is 15.0 Å². The van der Waals surface area contributed by atoms with Gasteiger partial charge in [0.25, 0.3) is 0 Å². The number of aromatic nitrogens is 3. The molecule has 0 aliphatic carbocycles. The molecule has 2 amide bonds. The van der Waals surface area contributed by atoms with Gasteiger partial charge in [-0.05, 0) is 30.7 Å². The highest BCUT2D eigenvalue weighted by Crippen LogP contribution is 2.23. The van der Waals surface area contributed by atoms with Crippen molar-refractivity contribution in [1.29, 1.82) is 0 Å². The SMILES string of the molecule is Cc1[nH]nc2ccnc(Cc3cccc(N4CCNC4=O)c3)c12.